The number of carbonyl (C=O) groups is 5. The van der Waals surface area contributed by atoms with Crippen LogP contribution in [0.3, 0.4) is 0 Å². The van der Waals surface area contributed by atoms with Crippen molar-refractivity contribution in [3.05, 3.63) is 68.6 Å². The summed E-state index contributed by atoms with van der Waals surface area (Å²) in [6.07, 6.45) is 0. The second-order valence-corrected chi connectivity index (χ2v) is 14.3. The van der Waals surface area contributed by atoms with Crippen LogP contribution in [0.15, 0.2) is 66.0 Å². The zero-order chi connectivity index (χ0) is 33.1. The molecular weight excluding hydrogens is 705 g/mol. The number of nitrogens with one attached hydrogen (secondary N) is 2. The first-order valence-corrected chi connectivity index (χ1v) is 17.2. The summed E-state index contributed by atoms with van der Waals surface area (Å²) in [6, 6.07) is 7.32. The highest BCUT2D eigenvalue weighted by molar-refractivity contribution is 8.02. The van der Waals surface area contributed by atoms with Gasteiger partial charge in [0.2, 0.25) is 0 Å². The minimum Gasteiger partial charge on any atom is -0.478 e. The Balaban J connectivity index is 1.33. The maximum Gasteiger partial charge on any atom is 0.358 e. The van der Waals surface area contributed by atoms with E-state index in [1.807, 2.05) is 0 Å². The summed E-state index contributed by atoms with van der Waals surface area (Å²) in [5.41, 5.74) is 2.47. The number of thioether (sulfide) groups is 3. The fourth-order valence-corrected chi connectivity index (χ4v) is 8.92. The van der Waals surface area contributed by atoms with E-state index in [2.05, 4.69) is 19.8 Å². The number of aromatic amines is 1. The van der Waals surface area contributed by atoms with Crippen molar-refractivity contribution >= 4 is 98.7 Å². The molecule has 1 aromatic carbocycles. The number of hydrogen-bond donors (Lipinski definition) is 6. The van der Waals surface area contributed by atoms with E-state index >= 15 is 0 Å². The van der Waals surface area contributed by atoms with E-state index in [0.29, 0.717) is 10.5 Å². The number of benzene rings is 1. The van der Waals surface area contributed by atoms with Gasteiger partial charge in [0.05, 0.1) is 4.21 Å². The van der Waals surface area contributed by atoms with Gasteiger partial charge in [-0.2, -0.15) is 0 Å². The van der Waals surface area contributed by atoms with Crippen LogP contribution in [0.25, 0.3) is 0 Å². The number of amides is 2. The number of H-pyrrole nitrogens is 1. The Bertz CT molecular complexity index is 1840. The highest BCUT2D eigenvalue weighted by Gasteiger charge is 2.54. The molecule has 7 N–H and O–H groups in total. The fraction of sp³-hybridized carbons (Fsp3) is 0.200. The van der Waals surface area contributed by atoms with Gasteiger partial charge in [-0.25, -0.2) is 19.4 Å². The summed E-state index contributed by atoms with van der Waals surface area (Å²) in [7, 11) is 0. The van der Waals surface area contributed by atoms with Crippen molar-refractivity contribution in [2.75, 3.05) is 17.2 Å². The Kier molecular flexibility index (Phi) is 10.1. The summed E-state index contributed by atoms with van der Waals surface area (Å²) >= 11 is 4.75. The van der Waals surface area contributed by atoms with Crippen molar-refractivity contribution in [1.29, 1.82) is 0 Å². The number of β-lactam (4-membered cyclic amide) rings is 1. The van der Waals surface area contributed by atoms with E-state index in [1.165, 1.54) is 17.1 Å². The van der Waals surface area contributed by atoms with Crippen molar-refractivity contribution in [2.45, 2.75) is 26.0 Å². The van der Waals surface area contributed by atoms with Crippen LogP contribution in [0.2, 0.25) is 0 Å². The lowest BCUT2D eigenvalue weighted by atomic mass is 10.0. The number of carboxylic acids is 3. The third-order valence-electron chi connectivity index (χ3n) is 6.20. The number of hydrogen-bond acceptors (Lipinski definition) is 15. The van der Waals surface area contributed by atoms with Crippen LogP contribution >= 0.6 is 58.2 Å². The molecule has 3 aromatic rings. The van der Waals surface area contributed by atoms with E-state index < -0.39 is 63.4 Å². The van der Waals surface area contributed by atoms with Crippen LogP contribution in [0, 0.1) is 0 Å². The van der Waals surface area contributed by atoms with Gasteiger partial charge >= 0.3 is 17.9 Å². The first-order chi connectivity index (χ1) is 22.0. The average Bonchev–Trinajstić information content (AvgIpc) is 3.62. The van der Waals surface area contributed by atoms with E-state index in [4.69, 9.17) is 10.6 Å². The van der Waals surface area contributed by atoms with Crippen LogP contribution in [0.4, 0.5) is 5.13 Å². The van der Waals surface area contributed by atoms with Crippen LogP contribution < -0.4 is 16.6 Å². The third-order valence-corrected chi connectivity index (χ3v) is 11.5. The molecule has 21 heteroatoms. The number of oxime groups is 1. The minimum absolute atomic E-state index is 0.0125. The van der Waals surface area contributed by atoms with Gasteiger partial charge in [-0.1, -0.05) is 46.6 Å². The molecule has 3 atom stereocenters. The lowest BCUT2D eigenvalue weighted by Gasteiger charge is -2.49. The van der Waals surface area contributed by atoms with Gasteiger partial charge in [0, 0.05) is 21.8 Å². The lowest BCUT2D eigenvalue weighted by Crippen LogP contribution is -2.71. The monoisotopic (exact) mass is 724 g/mol. The number of aromatic carboxylic acids is 1. The van der Waals surface area contributed by atoms with Gasteiger partial charge in [-0.05, 0) is 17.7 Å². The molecule has 2 aliphatic heterocycles. The van der Waals surface area contributed by atoms with Crippen molar-refractivity contribution in [3.63, 3.8) is 0 Å². The van der Waals surface area contributed by atoms with Gasteiger partial charge in [0.1, 0.15) is 22.8 Å². The smallest absolute Gasteiger partial charge is 0.358 e. The summed E-state index contributed by atoms with van der Waals surface area (Å²) < 4.78 is 2.49. The van der Waals surface area contributed by atoms with Gasteiger partial charge in [0.15, 0.2) is 16.4 Å². The average molecular weight is 725 g/mol. The maximum absolute atomic E-state index is 13.4. The molecule has 0 radical (unpaired) electrons. The highest BCUT2D eigenvalue weighted by Crippen LogP contribution is 2.42. The molecule has 1 fully saturated rings. The summed E-state index contributed by atoms with van der Waals surface area (Å²) in [6.45, 7) is 0. The Morgan fingerprint density at radius 3 is 2.54 bits per heavy atom. The molecule has 16 nitrogen and oxygen atoms in total. The normalized spacial score (nSPS) is 18.4. The number of nitrogens with two attached hydrogens (primary N) is 1. The van der Waals surface area contributed by atoms with Gasteiger partial charge in [-0.15, -0.1) is 34.9 Å². The first-order valence-electron chi connectivity index (χ1n) is 12.6. The second-order valence-electron chi connectivity index (χ2n) is 9.13. The Labute approximate surface area is 278 Å². The molecule has 0 spiro atoms. The second kappa shape index (κ2) is 14.0. The largest absolute Gasteiger partial charge is 0.478 e. The minimum atomic E-state index is -1.55. The van der Waals surface area contributed by atoms with Crippen molar-refractivity contribution < 1.29 is 44.1 Å². The molecule has 4 heterocycles. The first kappa shape index (κ1) is 33.1. The molecule has 0 aliphatic carbocycles. The molecular formula is C25H20N6O10S5. The predicted molar refractivity (Wildman–Crippen MR) is 170 cm³/mol. The zero-order valence-corrected chi connectivity index (χ0v) is 26.9. The van der Waals surface area contributed by atoms with E-state index in [0.717, 1.165) is 51.3 Å². The van der Waals surface area contributed by atoms with Crippen molar-refractivity contribution in [2.24, 2.45) is 5.16 Å². The summed E-state index contributed by atoms with van der Waals surface area (Å²) in [5.74, 6) is -5.75. The number of anilines is 1. The maximum atomic E-state index is 13.4. The molecule has 2 aromatic heterocycles. The standard InChI is InChI=1S/C25H20N6O10S5/c26-25-27-11(8-44-25)13(29-41-23(22(39)40)45-10-4-2-1-3-5-10)17(33)28-14-18(34)31-15(21(37)38)9(6-42-19(14)31)7-43-24-12(20(35)36)16(32)30-46-24/h1-5,8,14,19,23H,6-7H2,(H2,26,27)(H,28,33)(H,30,32)(H,35,36)(H,37,38)(H,39,40)/t14-,19+,23-/m1/s1. The van der Waals surface area contributed by atoms with E-state index in [-0.39, 0.29) is 32.2 Å². The molecule has 0 saturated carbocycles. The Hall–Kier alpha value is -4.31. The lowest BCUT2D eigenvalue weighted by molar-refractivity contribution is -0.150. The molecule has 240 valence electrons. The number of thiazole rings is 1. The number of fused-ring (bicyclic) bond motifs is 1. The molecule has 2 amide bonds. The van der Waals surface area contributed by atoms with Gasteiger partial charge < -0.3 is 31.2 Å². The van der Waals surface area contributed by atoms with Crippen molar-refractivity contribution in [1.82, 2.24) is 19.6 Å². The molecule has 1 saturated heterocycles. The quantitative estimate of drug-likeness (QED) is 0.0482. The number of aliphatic carboxylic acids is 2. The van der Waals surface area contributed by atoms with E-state index in [1.54, 1.807) is 30.3 Å². The predicted octanol–water partition coefficient (Wildman–Crippen LogP) is 1.63. The highest BCUT2D eigenvalue weighted by atomic mass is 32.2. The van der Waals surface area contributed by atoms with Crippen molar-refractivity contribution in [3.8, 4) is 0 Å². The summed E-state index contributed by atoms with van der Waals surface area (Å²) in [4.78, 5) is 84.8. The Morgan fingerprint density at radius 2 is 1.91 bits per heavy atom. The number of aromatic nitrogens is 2. The molecule has 5 rings (SSSR count). The Morgan fingerprint density at radius 1 is 1.17 bits per heavy atom. The van der Waals surface area contributed by atoms with Crippen LogP contribution in [-0.4, -0.2) is 93.4 Å². The number of rotatable bonds is 13. The molecule has 2 aliphatic rings. The number of nitrogens with zero attached hydrogens (tertiary/aromatic N) is 3. The number of carbonyl (C=O) groups excluding carboxylic acids is 2. The van der Waals surface area contributed by atoms with Crippen LogP contribution in [0.5, 0.6) is 0 Å². The van der Waals surface area contributed by atoms with Gasteiger partial charge in [0.25, 0.3) is 22.8 Å². The topological polar surface area (TPSA) is 255 Å². The zero-order valence-electron chi connectivity index (χ0n) is 22.8. The fourth-order valence-electron chi connectivity index (χ4n) is 4.17. The SMILES string of the molecule is Nc1nc(C(=NO[C@H](Sc2ccccc2)C(=O)O)C(=O)N[C@@H]2C(=O)N3C(C(=O)O)=C(CSc4s[nH]c(=O)c4C(=O)O)CS[C@@H]23)cs1. The van der Waals surface area contributed by atoms with E-state index in [9.17, 15) is 44.1 Å². The van der Waals surface area contributed by atoms with Crippen LogP contribution in [-0.2, 0) is 24.0 Å². The molecule has 0 bridgehead atoms. The third kappa shape index (κ3) is 6.92. The van der Waals surface area contributed by atoms with Gasteiger partial charge in [-0.3, -0.25) is 23.7 Å². The number of carboxylic acid groups (broad SMARTS) is 3. The molecule has 0 unspecified atom stereocenters. The summed E-state index contributed by atoms with van der Waals surface area (Å²) in [5, 5.41) is 35.9. The number of nitrogen functional groups attached to an aromatic ring is 1. The molecule has 46 heavy (non-hydrogen) atoms. The van der Waals surface area contributed by atoms with Crippen LogP contribution in [0.1, 0.15) is 16.1 Å².